The lowest BCUT2D eigenvalue weighted by molar-refractivity contribution is -0.153. The van der Waals surface area contributed by atoms with Crippen LogP contribution in [0.1, 0.15) is 107 Å². The molecule has 33 nitrogen and oxygen atoms in total. The minimum atomic E-state index is -2.87. The lowest BCUT2D eigenvalue weighted by Crippen LogP contribution is -2.66. The second kappa shape index (κ2) is 36.7. The third kappa shape index (κ3) is 24.1. The van der Waals surface area contributed by atoms with Gasteiger partial charge < -0.3 is 94.4 Å². The van der Waals surface area contributed by atoms with Crippen molar-refractivity contribution in [2.75, 3.05) is 26.2 Å². The zero-order chi connectivity index (χ0) is 67.7. The number of aliphatic hydroxyl groups is 2. The largest absolute Gasteiger partial charge is 0.481 e. The summed E-state index contributed by atoms with van der Waals surface area (Å²) in [6, 6.07) is -19.2. The van der Waals surface area contributed by atoms with Crippen LogP contribution in [0.5, 0.6) is 0 Å². The Kier molecular flexibility index (Phi) is 31.5. The van der Waals surface area contributed by atoms with E-state index < -0.39 is 205 Å². The lowest BCUT2D eigenvalue weighted by Gasteiger charge is -2.34. The topological polar surface area (TPSA) is 527 Å². The highest BCUT2D eigenvalue weighted by Gasteiger charge is 2.46. The number of hydrogen-bond acceptors (Lipinski definition) is 18. The van der Waals surface area contributed by atoms with Gasteiger partial charge in [-0.05, 0) is 83.6 Å². The molecular formula is C56H88N12O21. The Bertz CT molecular complexity index is 2650. The summed E-state index contributed by atoms with van der Waals surface area (Å²) in [6.07, 6.45) is 2.77. The van der Waals surface area contributed by atoms with Gasteiger partial charge in [0.1, 0.15) is 54.4 Å². The van der Waals surface area contributed by atoms with Gasteiger partial charge in [-0.15, -0.1) is 0 Å². The van der Waals surface area contributed by atoms with Crippen LogP contribution < -0.4 is 58.9 Å². The zero-order valence-electron chi connectivity index (χ0n) is 51.2. The molecule has 18 N–H and O–H groups in total. The molecule has 0 aliphatic carbocycles. The highest BCUT2D eigenvalue weighted by atomic mass is 16.4. The molecule has 0 aromatic rings. The van der Waals surface area contributed by atoms with Crippen molar-refractivity contribution in [2.45, 2.75) is 174 Å². The average Bonchev–Trinajstić information content (AvgIpc) is 3.04. The number of hydrogen-bond donors (Lipinski definition) is 17. The van der Waals surface area contributed by atoms with Crippen molar-refractivity contribution in [3.8, 4) is 0 Å². The Hall–Kier alpha value is -8.59. The van der Waals surface area contributed by atoms with E-state index in [1.54, 1.807) is 19.1 Å². The molecule has 2 aliphatic heterocycles. The summed E-state index contributed by atoms with van der Waals surface area (Å²) in [5.74, 6) is -26.7. The monoisotopic (exact) mass is 1260 g/mol. The highest BCUT2D eigenvalue weighted by Crippen LogP contribution is 2.26. The summed E-state index contributed by atoms with van der Waals surface area (Å²) in [5, 5.41) is 83.2. The summed E-state index contributed by atoms with van der Waals surface area (Å²) in [7, 11) is 0. The summed E-state index contributed by atoms with van der Waals surface area (Å²) < 4.78 is 0. The molecule has 2 fully saturated rings. The predicted octanol–water partition coefficient (Wildman–Crippen LogP) is -4.94. The van der Waals surface area contributed by atoms with Crippen LogP contribution in [-0.2, 0) is 71.9 Å². The fraction of sp³-hybridized carbons (Fsp3) is 0.661. The van der Waals surface area contributed by atoms with Crippen LogP contribution in [0.3, 0.4) is 0 Å². The van der Waals surface area contributed by atoms with Crippen LogP contribution in [0.4, 0.5) is 0 Å². The quantitative estimate of drug-likeness (QED) is 0.0259. The molecule has 0 aromatic heterocycles. The first kappa shape index (κ1) is 76.5. The van der Waals surface area contributed by atoms with Gasteiger partial charge in [0.15, 0.2) is 6.10 Å². The van der Waals surface area contributed by atoms with E-state index in [-0.39, 0.29) is 38.8 Å². The molecule has 2 heterocycles. The number of unbranched alkanes of at least 4 members (excludes halogenated alkanes) is 1. The number of nitrogens with zero attached hydrogens (tertiary/aromatic N) is 1. The number of rotatable bonds is 23. The normalized spacial score (nSPS) is 26.1. The van der Waals surface area contributed by atoms with Crippen molar-refractivity contribution in [1.29, 1.82) is 0 Å². The second-order valence-corrected chi connectivity index (χ2v) is 23.0. The number of carbonyl (C=O) groups excluding carboxylic acids is 11. The van der Waals surface area contributed by atoms with E-state index in [4.69, 9.17) is 5.73 Å². The number of aliphatic hydroxyl groups excluding tert-OH is 2. The van der Waals surface area contributed by atoms with Crippen molar-refractivity contribution in [3.05, 3.63) is 24.3 Å². The molecule has 15 atom stereocenters. The Morgan fingerprint density at radius 2 is 1.27 bits per heavy atom. The maximum atomic E-state index is 14.9. The number of carbonyl (C=O) groups is 15. The van der Waals surface area contributed by atoms with Crippen LogP contribution in [-0.4, -0.2) is 217 Å². The predicted molar refractivity (Wildman–Crippen MR) is 311 cm³/mol. The van der Waals surface area contributed by atoms with Crippen molar-refractivity contribution in [3.63, 3.8) is 0 Å². The molecule has 498 valence electrons. The van der Waals surface area contributed by atoms with E-state index in [9.17, 15) is 103 Å². The first-order valence-electron chi connectivity index (χ1n) is 29.1. The zero-order valence-corrected chi connectivity index (χ0v) is 51.2. The smallest absolute Gasteiger partial charge is 0.335 e. The van der Waals surface area contributed by atoms with Crippen LogP contribution in [0.15, 0.2) is 24.3 Å². The number of carboxylic acid groups (broad SMARTS) is 4. The number of nitrogens with two attached hydrogens (primary N) is 1. The minimum absolute atomic E-state index is 0.0123. The van der Waals surface area contributed by atoms with Crippen molar-refractivity contribution >= 4 is 88.9 Å². The number of allylic oxidation sites excluding steroid dienone is 3. The number of aliphatic carboxylic acids is 4. The van der Waals surface area contributed by atoms with Gasteiger partial charge in [-0.3, -0.25) is 67.1 Å². The lowest BCUT2D eigenvalue weighted by atomic mass is 9.97. The van der Waals surface area contributed by atoms with E-state index in [1.165, 1.54) is 33.8 Å². The maximum Gasteiger partial charge on any atom is 0.335 e. The van der Waals surface area contributed by atoms with Gasteiger partial charge in [-0.1, -0.05) is 59.8 Å². The highest BCUT2D eigenvalue weighted by molar-refractivity contribution is 6.02. The standard InChI is InChI=1S/C56H88N12O21/c1-25(2)16-12-10-11-13-18-35(70)62-40(29(7)54(84)85)50(80)66-42-31(9)59-47(77)34-20-27(5)23-68(34)53(83)38(26(3)4)64-49(79)41(30(8)55(86)87)63-36(71)22-58-45(75)33(21-37(72)73)61-52(82)43(44(74)56(88)89)67-46(76)32(17-14-15-19-57)60-48(78)39(28(6)24-69)65-51(42)81/h10-11,13,18,25-34,38-44,69,74H,12,14-17,19-24,57H2,1-9H3,(H,58,75)(H,59,77)(H,60,78)(H,61,82)(H,62,70)(H,63,71)(H,64,79)(H,65,81)(H,66,80)(H,67,76)(H,72,73)(H,84,85)(H,86,87)(H,88,89)/b11-10-,18-13+/t27-,28?,29?,30?,31?,32+,33+,34+,38+,39-,40+,41-,42+,43+,44?/m1/s1. The number of nitrogens with one attached hydrogen (secondary N) is 10. The van der Waals surface area contributed by atoms with E-state index in [0.717, 1.165) is 31.2 Å². The van der Waals surface area contributed by atoms with Gasteiger partial charge in [0, 0.05) is 25.1 Å². The Morgan fingerprint density at radius 3 is 1.83 bits per heavy atom. The van der Waals surface area contributed by atoms with Gasteiger partial charge in [0.05, 0.1) is 30.8 Å². The first-order valence-corrected chi connectivity index (χ1v) is 29.1. The van der Waals surface area contributed by atoms with Crippen molar-refractivity contribution in [1.82, 2.24) is 58.1 Å². The van der Waals surface area contributed by atoms with Crippen LogP contribution in [0.25, 0.3) is 0 Å². The molecule has 0 radical (unpaired) electrons. The van der Waals surface area contributed by atoms with E-state index in [0.29, 0.717) is 12.3 Å². The Balaban J connectivity index is 3.00. The fourth-order valence-electron chi connectivity index (χ4n) is 9.29. The molecule has 5 unspecified atom stereocenters. The molecule has 0 bridgehead atoms. The van der Waals surface area contributed by atoms with Crippen LogP contribution in [0, 0.1) is 35.5 Å². The van der Waals surface area contributed by atoms with Crippen LogP contribution in [0.2, 0.25) is 0 Å². The third-order valence-corrected chi connectivity index (χ3v) is 14.7. The van der Waals surface area contributed by atoms with Gasteiger partial charge >= 0.3 is 23.9 Å². The molecule has 2 rings (SSSR count). The van der Waals surface area contributed by atoms with Gasteiger partial charge in [-0.2, -0.15) is 0 Å². The Labute approximate surface area is 513 Å². The molecule has 0 aromatic carbocycles. The van der Waals surface area contributed by atoms with Crippen molar-refractivity contribution in [2.24, 2.45) is 41.2 Å². The molecule has 33 heteroatoms. The molecule has 0 saturated carbocycles. The van der Waals surface area contributed by atoms with E-state index in [2.05, 4.69) is 37.2 Å². The third-order valence-electron chi connectivity index (χ3n) is 14.7. The number of fused-ring (bicyclic) bond motifs is 1. The van der Waals surface area contributed by atoms with Gasteiger partial charge in [0.25, 0.3) is 0 Å². The molecule has 11 amide bonds. The van der Waals surface area contributed by atoms with Crippen molar-refractivity contribution < 1.29 is 103 Å². The summed E-state index contributed by atoms with van der Waals surface area (Å²) in [6.45, 7) is 11.1. The summed E-state index contributed by atoms with van der Waals surface area (Å²) in [4.78, 5) is 205. The van der Waals surface area contributed by atoms with E-state index in [1.807, 2.05) is 29.8 Å². The molecule has 89 heavy (non-hydrogen) atoms. The van der Waals surface area contributed by atoms with Gasteiger partial charge in [-0.25, -0.2) is 4.79 Å². The first-order chi connectivity index (χ1) is 41.6. The maximum absolute atomic E-state index is 14.9. The fourth-order valence-corrected chi connectivity index (χ4v) is 9.29. The average molecular weight is 1270 g/mol. The number of carboxylic acids is 4. The van der Waals surface area contributed by atoms with Gasteiger partial charge in [0.2, 0.25) is 65.0 Å². The Morgan fingerprint density at radius 1 is 0.674 bits per heavy atom. The molecule has 2 saturated heterocycles. The molecular weight excluding hydrogens is 1180 g/mol. The minimum Gasteiger partial charge on any atom is -0.481 e. The molecule has 0 spiro atoms. The molecule has 2 aliphatic rings. The second-order valence-electron chi connectivity index (χ2n) is 23.0. The SMILES string of the molecule is CC(C)CC/C=C\C=C\C(=O)N[C@H](C(=O)N[C@@H]1C(=O)N[C@H](C(C)CO)C(=O)N[C@@H](CCCCN)C(=O)N[C@@H](C(O)C(=O)O)C(=O)N[C@@H](CC(=O)O)C(=O)NCC(=O)N[C@H](C(C)C(=O)O)C(=O)N[C@@H](C(C)C)C(=O)N2C[C@H](C)C[C@H]2C(=O)NC1C)C(C)C(=O)O. The summed E-state index contributed by atoms with van der Waals surface area (Å²) >= 11 is 0. The van der Waals surface area contributed by atoms with Crippen LogP contribution >= 0.6 is 0 Å². The van der Waals surface area contributed by atoms with E-state index >= 15 is 0 Å². The number of amides is 11. The summed E-state index contributed by atoms with van der Waals surface area (Å²) in [5.41, 5.74) is 5.68.